The van der Waals surface area contributed by atoms with Gasteiger partial charge in [-0.15, -0.1) is 0 Å². The summed E-state index contributed by atoms with van der Waals surface area (Å²) in [4.78, 5) is 30.3. The average molecular weight is 469 g/mol. The molecule has 2 fully saturated rings. The predicted octanol–water partition coefficient (Wildman–Crippen LogP) is 2.98. The molecule has 172 valence electrons. The summed E-state index contributed by atoms with van der Waals surface area (Å²) in [6, 6.07) is 9.76. The number of hydrogen-bond acceptors (Lipinski definition) is 5. The van der Waals surface area contributed by atoms with Gasteiger partial charge < -0.3 is 10.4 Å². The van der Waals surface area contributed by atoms with E-state index in [9.17, 15) is 23.1 Å². The Hall–Kier alpha value is -3.40. The third-order valence-corrected chi connectivity index (χ3v) is 8.58. The highest BCUT2D eigenvalue weighted by Gasteiger charge is 2.64. The molecule has 3 aromatic rings. The minimum atomic E-state index is -3.96. The first kappa shape index (κ1) is 21.4. The SMILES string of the molecule is CC(NC(=O)[C@@H]1C[C@]2(C)C[C@@H]2N1C(=O)O)c1cc2cnccc2n1S(=O)(=O)c1ccccc1. The normalized spacial score (nSPS) is 25.0. The van der Waals surface area contributed by atoms with Crippen molar-refractivity contribution in [3.63, 3.8) is 0 Å². The number of carbonyl (C=O) groups is 2. The Morgan fingerprint density at radius 1 is 1.21 bits per heavy atom. The van der Waals surface area contributed by atoms with Crippen LogP contribution < -0.4 is 5.32 Å². The monoisotopic (exact) mass is 468 g/mol. The first-order valence-corrected chi connectivity index (χ1v) is 12.1. The zero-order valence-electron chi connectivity index (χ0n) is 18.2. The van der Waals surface area contributed by atoms with E-state index >= 15 is 0 Å². The molecular weight excluding hydrogens is 444 g/mol. The molecule has 1 aliphatic heterocycles. The van der Waals surface area contributed by atoms with Gasteiger partial charge in [0.05, 0.1) is 22.1 Å². The molecule has 1 aromatic carbocycles. The van der Waals surface area contributed by atoms with Crippen LogP contribution in [0.4, 0.5) is 4.79 Å². The van der Waals surface area contributed by atoms with Crippen molar-refractivity contribution in [3.05, 3.63) is 60.6 Å². The number of piperidine rings is 1. The van der Waals surface area contributed by atoms with E-state index in [0.717, 1.165) is 6.42 Å². The van der Waals surface area contributed by atoms with Crippen LogP contribution in [0.15, 0.2) is 59.8 Å². The maximum absolute atomic E-state index is 13.6. The van der Waals surface area contributed by atoms with E-state index in [2.05, 4.69) is 10.3 Å². The van der Waals surface area contributed by atoms with Crippen molar-refractivity contribution in [2.75, 3.05) is 0 Å². The number of fused-ring (bicyclic) bond motifs is 2. The minimum absolute atomic E-state index is 0.125. The minimum Gasteiger partial charge on any atom is -0.465 e. The number of aromatic nitrogens is 2. The summed E-state index contributed by atoms with van der Waals surface area (Å²) in [5.41, 5.74) is 0.652. The van der Waals surface area contributed by atoms with Crippen molar-refractivity contribution in [1.29, 1.82) is 0 Å². The van der Waals surface area contributed by atoms with Crippen LogP contribution in [0, 0.1) is 5.41 Å². The van der Waals surface area contributed by atoms with Crippen molar-refractivity contribution in [3.8, 4) is 0 Å². The number of nitrogens with zero attached hydrogens (tertiary/aromatic N) is 3. The van der Waals surface area contributed by atoms with Crippen LogP contribution >= 0.6 is 0 Å². The number of carbonyl (C=O) groups excluding carboxylic acids is 1. The van der Waals surface area contributed by atoms with Gasteiger partial charge in [-0.05, 0) is 49.4 Å². The van der Waals surface area contributed by atoms with Gasteiger partial charge >= 0.3 is 6.09 Å². The van der Waals surface area contributed by atoms with Gasteiger partial charge in [0.2, 0.25) is 5.91 Å². The van der Waals surface area contributed by atoms with E-state index in [1.807, 2.05) is 6.92 Å². The van der Waals surface area contributed by atoms with Gasteiger partial charge in [0, 0.05) is 23.8 Å². The number of pyridine rings is 1. The molecule has 0 bridgehead atoms. The molecule has 2 N–H and O–H groups in total. The number of hydrogen-bond donors (Lipinski definition) is 2. The van der Waals surface area contributed by atoms with Crippen LogP contribution in [0.2, 0.25) is 0 Å². The largest absolute Gasteiger partial charge is 0.465 e. The molecule has 4 atom stereocenters. The Kier molecular flexibility index (Phi) is 4.75. The molecule has 10 heteroatoms. The standard InChI is InChI=1S/C23H24N4O5S/c1-14(25-21(28)19-11-23(2)12-20(23)26(19)22(29)30)18-10-15-13-24-9-8-17(15)27(18)33(31,32)16-6-4-3-5-7-16/h3-10,13-14,19-20H,11-12H2,1-2H3,(H,25,28)(H,29,30)/t14?,19-,20-,23+/m0/s1. The van der Waals surface area contributed by atoms with E-state index in [0.29, 0.717) is 23.0 Å². The molecule has 3 heterocycles. The summed E-state index contributed by atoms with van der Waals surface area (Å²) in [5.74, 6) is -0.426. The van der Waals surface area contributed by atoms with Crippen molar-refractivity contribution in [1.82, 2.24) is 19.2 Å². The van der Waals surface area contributed by atoms with E-state index in [-0.39, 0.29) is 16.4 Å². The first-order valence-electron chi connectivity index (χ1n) is 10.7. The molecule has 1 unspecified atom stereocenters. The summed E-state index contributed by atoms with van der Waals surface area (Å²) in [7, 11) is -3.96. The van der Waals surface area contributed by atoms with E-state index in [4.69, 9.17) is 0 Å². The number of benzene rings is 1. The zero-order valence-corrected chi connectivity index (χ0v) is 19.0. The van der Waals surface area contributed by atoms with Crippen molar-refractivity contribution < 1.29 is 23.1 Å². The fraction of sp³-hybridized carbons (Fsp3) is 0.348. The molecule has 33 heavy (non-hydrogen) atoms. The maximum Gasteiger partial charge on any atom is 0.408 e. The Morgan fingerprint density at radius 2 is 1.94 bits per heavy atom. The first-order chi connectivity index (χ1) is 15.6. The van der Waals surface area contributed by atoms with Crippen molar-refractivity contribution in [2.45, 2.75) is 49.7 Å². The number of rotatable bonds is 5. The summed E-state index contributed by atoms with van der Waals surface area (Å²) < 4.78 is 28.3. The Labute approximate surface area is 191 Å². The third kappa shape index (κ3) is 3.36. The lowest BCUT2D eigenvalue weighted by molar-refractivity contribution is -0.126. The zero-order chi connectivity index (χ0) is 23.5. The van der Waals surface area contributed by atoms with Crippen molar-refractivity contribution in [2.24, 2.45) is 5.41 Å². The highest BCUT2D eigenvalue weighted by atomic mass is 32.2. The fourth-order valence-electron chi connectivity index (χ4n) is 4.98. The van der Waals surface area contributed by atoms with Crippen LogP contribution in [0.25, 0.3) is 10.9 Å². The van der Waals surface area contributed by atoms with E-state index in [1.54, 1.807) is 43.5 Å². The Morgan fingerprint density at radius 3 is 2.64 bits per heavy atom. The summed E-state index contributed by atoms with van der Waals surface area (Å²) in [5, 5.41) is 13.1. The topological polar surface area (TPSA) is 122 Å². The molecular formula is C23H24N4O5S. The van der Waals surface area contributed by atoms with Gasteiger partial charge in [0.1, 0.15) is 6.04 Å². The summed E-state index contributed by atoms with van der Waals surface area (Å²) in [6.45, 7) is 3.68. The summed E-state index contributed by atoms with van der Waals surface area (Å²) in [6.07, 6.45) is 3.19. The van der Waals surface area contributed by atoms with Gasteiger partial charge in [-0.1, -0.05) is 25.1 Å². The van der Waals surface area contributed by atoms with Crippen LogP contribution in [-0.4, -0.2) is 51.5 Å². The molecule has 1 saturated heterocycles. The van der Waals surface area contributed by atoms with Gasteiger partial charge in [-0.2, -0.15) is 0 Å². The maximum atomic E-state index is 13.6. The second kappa shape index (κ2) is 7.31. The van der Waals surface area contributed by atoms with Gasteiger partial charge in [-0.3, -0.25) is 14.7 Å². The molecule has 0 radical (unpaired) electrons. The second-order valence-electron chi connectivity index (χ2n) is 9.10. The number of likely N-dealkylation sites (tertiary alicyclic amines) is 1. The predicted molar refractivity (Wildman–Crippen MR) is 120 cm³/mol. The van der Waals surface area contributed by atoms with Gasteiger partial charge in [0.15, 0.2) is 0 Å². The molecule has 0 spiro atoms. The van der Waals surface area contributed by atoms with Crippen molar-refractivity contribution >= 4 is 32.9 Å². The van der Waals surface area contributed by atoms with E-state index < -0.39 is 34.1 Å². The van der Waals surface area contributed by atoms with Gasteiger partial charge in [0.25, 0.3) is 10.0 Å². The smallest absolute Gasteiger partial charge is 0.408 e. The Balaban J connectivity index is 1.51. The second-order valence-corrected chi connectivity index (χ2v) is 10.9. The quantitative estimate of drug-likeness (QED) is 0.594. The lowest BCUT2D eigenvalue weighted by Crippen LogP contribution is -2.48. The van der Waals surface area contributed by atoms with Gasteiger partial charge in [-0.25, -0.2) is 17.2 Å². The highest BCUT2D eigenvalue weighted by Crippen LogP contribution is 2.59. The number of carboxylic acid groups (broad SMARTS) is 1. The highest BCUT2D eigenvalue weighted by molar-refractivity contribution is 7.90. The third-order valence-electron chi connectivity index (χ3n) is 6.83. The van der Waals surface area contributed by atoms with Crippen LogP contribution in [0.3, 0.4) is 0 Å². The molecule has 1 aliphatic carbocycles. The summed E-state index contributed by atoms with van der Waals surface area (Å²) >= 11 is 0. The number of amides is 2. The van der Waals surface area contributed by atoms with Crippen LogP contribution in [0.1, 0.15) is 38.4 Å². The molecule has 5 rings (SSSR count). The molecule has 2 amide bonds. The van der Waals surface area contributed by atoms with Crippen LogP contribution in [-0.2, 0) is 14.8 Å². The number of nitrogens with one attached hydrogen (secondary N) is 1. The Bertz CT molecular complexity index is 1370. The van der Waals surface area contributed by atoms with E-state index in [1.165, 1.54) is 27.2 Å². The lowest BCUT2D eigenvalue weighted by Gasteiger charge is -2.26. The molecule has 1 saturated carbocycles. The average Bonchev–Trinajstić information content (AvgIpc) is 3.15. The lowest BCUT2D eigenvalue weighted by atomic mass is 10.0. The molecule has 2 aliphatic rings. The molecule has 9 nitrogen and oxygen atoms in total. The molecule has 2 aromatic heterocycles. The van der Waals surface area contributed by atoms with Crippen LogP contribution in [0.5, 0.6) is 0 Å². The fourth-order valence-corrected chi connectivity index (χ4v) is 6.61.